The van der Waals surface area contributed by atoms with Gasteiger partial charge in [-0.2, -0.15) is 4.98 Å². The molecule has 0 aliphatic rings. The van der Waals surface area contributed by atoms with Crippen molar-refractivity contribution in [1.82, 2.24) is 9.97 Å². The molecule has 146 valence electrons. The first kappa shape index (κ1) is 19.8. The van der Waals surface area contributed by atoms with E-state index in [0.29, 0.717) is 34.0 Å². The average Bonchev–Trinajstić information content (AvgIpc) is 2.64. The van der Waals surface area contributed by atoms with Crippen LogP contribution in [-0.4, -0.2) is 24.2 Å². The number of aromatic nitrogens is 2. The highest BCUT2D eigenvalue weighted by Gasteiger charge is 2.11. The van der Waals surface area contributed by atoms with Gasteiger partial charge < -0.3 is 20.1 Å². The van der Waals surface area contributed by atoms with E-state index in [1.807, 2.05) is 51.1 Å². The van der Waals surface area contributed by atoms with Crippen LogP contribution in [0.5, 0.6) is 11.5 Å². The fourth-order valence-electron chi connectivity index (χ4n) is 2.92. The Morgan fingerprint density at radius 1 is 0.893 bits per heavy atom. The van der Waals surface area contributed by atoms with E-state index in [1.54, 1.807) is 14.2 Å². The third kappa shape index (κ3) is 4.46. The minimum Gasteiger partial charge on any atom is -0.497 e. The number of nitrogens with zero attached hydrogens (tertiary/aromatic N) is 2. The van der Waals surface area contributed by atoms with E-state index in [9.17, 15) is 0 Å². The fraction of sp³-hybridized carbons (Fsp3) is 0.238. The summed E-state index contributed by atoms with van der Waals surface area (Å²) in [4.78, 5) is 9.04. The zero-order valence-electron chi connectivity index (χ0n) is 16.6. The van der Waals surface area contributed by atoms with Crippen LogP contribution in [-0.2, 0) is 0 Å². The highest BCUT2D eigenvalue weighted by Crippen LogP contribution is 2.32. The maximum Gasteiger partial charge on any atom is 0.229 e. The lowest BCUT2D eigenvalue weighted by molar-refractivity contribution is 0.405. The Labute approximate surface area is 169 Å². The van der Waals surface area contributed by atoms with Crippen LogP contribution in [0.4, 0.5) is 23.1 Å². The molecule has 0 radical (unpaired) electrons. The molecular formula is C21H23ClN4O2. The molecule has 0 unspecified atom stereocenters. The standard InChI is InChI=1S/C21H23ClN4O2/c1-12-8-13(2)20(16(22)9-12)25-19-10-14(3)23-21(26-19)24-17-11-15(27-4)6-7-18(17)28-5/h6-11H,1-5H3,(H2,23,24,25,26). The summed E-state index contributed by atoms with van der Waals surface area (Å²) < 4.78 is 10.7. The van der Waals surface area contributed by atoms with E-state index < -0.39 is 0 Å². The average molecular weight is 399 g/mol. The summed E-state index contributed by atoms with van der Waals surface area (Å²) in [6.07, 6.45) is 0. The van der Waals surface area contributed by atoms with Gasteiger partial charge in [0.1, 0.15) is 17.3 Å². The highest BCUT2D eigenvalue weighted by molar-refractivity contribution is 6.33. The number of halogens is 1. The molecule has 0 atom stereocenters. The number of aryl methyl sites for hydroxylation is 3. The molecule has 0 spiro atoms. The van der Waals surface area contributed by atoms with Gasteiger partial charge in [-0.1, -0.05) is 17.7 Å². The van der Waals surface area contributed by atoms with Crippen molar-refractivity contribution in [3.05, 3.63) is 58.2 Å². The number of hydrogen-bond acceptors (Lipinski definition) is 6. The highest BCUT2D eigenvalue weighted by atomic mass is 35.5. The van der Waals surface area contributed by atoms with Crippen LogP contribution in [0.3, 0.4) is 0 Å². The van der Waals surface area contributed by atoms with Gasteiger partial charge in [0, 0.05) is 17.8 Å². The monoisotopic (exact) mass is 398 g/mol. The van der Waals surface area contributed by atoms with Crippen molar-refractivity contribution >= 4 is 34.7 Å². The zero-order chi connectivity index (χ0) is 20.3. The summed E-state index contributed by atoms with van der Waals surface area (Å²) in [6.45, 7) is 5.93. The summed E-state index contributed by atoms with van der Waals surface area (Å²) in [5.74, 6) is 2.45. The van der Waals surface area contributed by atoms with Gasteiger partial charge in [-0.15, -0.1) is 0 Å². The molecule has 0 aliphatic heterocycles. The summed E-state index contributed by atoms with van der Waals surface area (Å²) in [6, 6.07) is 11.3. The molecule has 0 aliphatic carbocycles. The molecule has 3 aromatic rings. The van der Waals surface area contributed by atoms with E-state index in [2.05, 4.69) is 26.7 Å². The summed E-state index contributed by atoms with van der Waals surface area (Å²) in [7, 11) is 3.23. The van der Waals surface area contributed by atoms with Crippen LogP contribution in [0.15, 0.2) is 36.4 Å². The number of hydrogen-bond donors (Lipinski definition) is 2. The molecular weight excluding hydrogens is 376 g/mol. The fourth-order valence-corrected chi connectivity index (χ4v) is 3.29. The predicted molar refractivity (Wildman–Crippen MR) is 114 cm³/mol. The van der Waals surface area contributed by atoms with Crippen molar-refractivity contribution in [2.45, 2.75) is 20.8 Å². The number of benzene rings is 2. The van der Waals surface area contributed by atoms with Crippen LogP contribution in [0, 0.1) is 20.8 Å². The molecule has 2 N–H and O–H groups in total. The quantitative estimate of drug-likeness (QED) is 0.566. The molecule has 0 saturated heterocycles. The molecule has 28 heavy (non-hydrogen) atoms. The van der Waals surface area contributed by atoms with Crippen molar-refractivity contribution < 1.29 is 9.47 Å². The molecule has 0 fully saturated rings. The maximum absolute atomic E-state index is 6.42. The lowest BCUT2D eigenvalue weighted by Crippen LogP contribution is -2.04. The Hall–Kier alpha value is -2.99. The number of anilines is 4. The maximum atomic E-state index is 6.42. The minimum atomic E-state index is 0.440. The van der Waals surface area contributed by atoms with Gasteiger partial charge in [0.15, 0.2) is 0 Å². The molecule has 2 aromatic carbocycles. The van der Waals surface area contributed by atoms with Gasteiger partial charge in [0.25, 0.3) is 0 Å². The van der Waals surface area contributed by atoms with Gasteiger partial charge in [0.2, 0.25) is 5.95 Å². The first-order valence-electron chi connectivity index (χ1n) is 8.78. The second kappa shape index (κ2) is 8.35. The summed E-state index contributed by atoms with van der Waals surface area (Å²) in [5, 5.41) is 7.16. The Morgan fingerprint density at radius 3 is 2.36 bits per heavy atom. The molecule has 1 heterocycles. The molecule has 7 heteroatoms. The van der Waals surface area contributed by atoms with Crippen LogP contribution in [0.2, 0.25) is 5.02 Å². The number of rotatable bonds is 6. The van der Waals surface area contributed by atoms with Crippen molar-refractivity contribution in [3.63, 3.8) is 0 Å². The number of methoxy groups -OCH3 is 2. The smallest absolute Gasteiger partial charge is 0.229 e. The Balaban J connectivity index is 1.93. The van der Waals surface area contributed by atoms with Gasteiger partial charge in [-0.05, 0) is 50.1 Å². The van der Waals surface area contributed by atoms with Crippen LogP contribution in [0.1, 0.15) is 16.8 Å². The number of ether oxygens (including phenoxy) is 2. The summed E-state index contributed by atoms with van der Waals surface area (Å²) in [5.41, 5.74) is 4.51. The predicted octanol–water partition coefficient (Wildman–Crippen LogP) is 5.56. The normalized spacial score (nSPS) is 10.5. The van der Waals surface area contributed by atoms with Gasteiger partial charge in [-0.3, -0.25) is 0 Å². The van der Waals surface area contributed by atoms with Crippen LogP contribution >= 0.6 is 11.6 Å². The minimum absolute atomic E-state index is 0.440. The third-order valence-corrected chi connectivity index (χ3v) is 4.49. The van der Waals surface area contributed by atoms with Gasteiger partial charge >= 0.3 is 0 Å². The zero-order valence-corrected chi connectivity index (χ0v) is 17.3. The Morgan fingerprint density at radius 2 is 1.68 bits per heavy atom. The van der Waals surface area contributed by atoms with Crippen molar-refractivity contribution in [2.24, 2.45) is 0 Å². The molecule has 0 amide bonds. The summed E-state index contributed by atoms with van der Waals surface area (Å²) >= 11 is 6.42. The molecule has 6 nitrogen and oxygen atoms in total. The Bertz CT molecular complexity index is 985. The van der Waals surface area contributed by atoms with E-state index in [1.165, 1.54) is 0 Å². The largest absolute Gasteiger partial charge is 0.497 e. The molecule has 0 saturated carbocycles. The molecule has 0 bridgehead atoms. The van der Waals surface area contributed by atoms with Crippen LogP contribution in [0.25, 0.3) is 0 Å². The van der Waals surface area contributed by atoms with E-state index >= 15 is 0 Å². The first-order valence-corrected chi connectivity index (χ1v) is 9.16. The lowest BCUT2D eigenvalue weighted by atomic mass is 10.1. The molecule has 1 aromatic heterocycles. The third-order valence-electron chi connectivity index (χ3n) is 4.19. The second-order valence-corrected chi connectivity index (χ2v) is 6.88. The Kier molecular flexibility index (Phi) is 5.90. The van der Waals surface area contributed by atoms with Crippen LogP contribution < -0.4 is 20.1 Å². The molecule has 3 rings (SSSR count). The van der Waals surface area contributed by atoms with Crippen molar-refractivity contribution in [1.29, 1.82) is 0 Å². The lowest BCUT2D eigenvalue weighted by Gasteiger charge is -2.15. The van der Waals surface area contributed by atoms with Gasteiger partial charge in [-0.25, -0.2) is 4.98 Å². The van der Waals surface area contributed by atoms with E-state index in [4.69, 9.17) is 21.1 Å². The van der Waals surface area contributed by atoms with Gasteiger partial charge in [0.05, 0.1) is 30.6 Å². The SMILES string of the molecule is COc1ccc(OC)c(Nc2nc(C)cc(Nc3c(C)cc(C)cc3Cl)n2)c1. The van der Waals surface area contributed by atoms with Crippen molar-refractivity contribution in [2.75, 3.05) is 24.9 Å². The van der Waals surface area contributed by atoms with E-state index in [-0.39, 0.29) is 0 Å². The topological polar surface area (TPSA) is 68.3 Å². The number of nitrogens with one attached hydrogen (secondary N) is 2. The first-order chi connectivity index (χ1) is 13.4. The second-order valence-electron chi connectivity index (χ2n) is 6.47. The van der Waals surface area contributed by atoms with E-state index in [0.717, 1.165) is 22.5 Å². The van der Waals surface area contributed by atoms with Crippen molar-refractivity contribution in [3.8, 4) is 11.5 Å².